The van der Waals surface area contributed by atoms with E-state index in [0.29, 0.717) is 5.41 Å². The van der Waals surface area contributed by atoms with Crippen LogP contribution in [0.15, 0.2) is 0 Å². The highest BCUT2D eigenvalue weighted by Gasteiger charge is 2.61. The second kappa shape index (κ2) is 1.89. The van der Waals surface area contributed by atoms with Gasteiger partial charge in [-0.05, 0) is 43.1 Å². The van der Waals surface area contributed by atoms with E-state index in [2.05, 4.69) is 25.8 Å². The van der Waals surface area contributed by atoms with E-state index in [9.17, 15) is 0 Å². The highest BCUT2D eigenvalue weighted by molar-refractivity contribution is 5.12. The fraction of sp³-hybridized carbons (Fsp3) is 1.00. The molecule has 12 heavy (non-hydrogen) atoms. The predicted molar refractivity (Wildman–Crippen MR) is 49.9 cm³/mol. The highest BCUT2D eigenvalue weighted by atomic mass is 15.2. The van der Waals surface area contributed by atoms with E-state index in [0.717, 1.165) is 23.8 Å². The van der Waals surface area contributed by atoms with E-state index in [1.165, 1.54) is 19.4 Å². The molecule has 1 heteroatoms. The van der Waals surface area contributed by atoms with Gasteiger partial charge in [-0.25, -0.2) is 0 Å². The van der Waals surface area contributed by atoms with Gasteiger partial charge in [-0.15, -0.1) is 0 Å². The first-order chi connectivity index (χ1) is 5.60. The molecule has 0 spiro atoms. The summed E-state index contributed by atoms with van der Waals surface area (Å²) in [6, 6.07) is 0.966. The van der Waals surface area contributed by atoms with Crippen LogP contribution < -0.4 is 0 Å². The number of fused-ring (bicyclic) bond motifs is 1. The molecular weight excluding hydrogens is 146 g/mol. The average molecular weight is 165 g/mol. The SMILES string of the molecule is CN1CC2C3CC(CC31)C2(C)C. The topological polar surface area (TPSA) is 3.24 Å². The molecule has 2 saturated carbocycles. The molecule has 0 radical (unpaired) electrons. The van der Waals surface area contributed by atoms with Crippen molar-refractivity contribution < 1.29 is 0 Å². The minimum absolute atomic E-state index is 0.659. The minimum Gasteiger partial charge on any atom is -0.303 e. The Hall–Kier alpha value is -0.0400. The van der Waals surface area contributed by atoms with Crippen molar-refractivity contribution in [3.63, 3.8) is 0 Å². The van der Waals surface area contributed by atoms with Crippen molar-refractivity contribution in [1.29, 1.82) is 0 Å². The lowest BCUT2D eigenvalue weighted by Crippen LogP contribution is -2.32. The molecule has 4 atom stereocenters. The molecule has 0 aromatic heterocycles. The van der Waals surface area contributed by atoms with Gasteiger partial charge in [0.15, 0.2) is 0 Å². The van der Waals surface area contributed by atoms with Crippen LogP contribution in [0.5, 0.6) is 0 Å². The maximum absolute atomic E-state index is 2.62. The van der Waals surface area contributed by atoms with Gasteiger partial charge in [-0.3, -0.25) is 0 Å². The Bertz CT molecular complexity index is 221. The van der Waals surface area contributed by atoms with Crippen LogP contribution in [-0.4, -0.2) is 24.5 Å². The molecule has 0 aromatic rings. The van der Waals surface area contributed by atoms with Crippen LogP contribution in [0.4, 0.5) is 0 Å². The van der Waals surface area contributed by atoms with Crippen molar-refractivity contribution in [2.24, 2.45) is 23.2 Å². The minimum atomic E-state index is 0.659. The third-order valence-corrected chi connectivity index (χ3v) is 5.15. The Morgan fingerprint density at radius 2 is 2.00 bits per heavy atom. The van der Waals surface area contributed by atoms with Crippen molar-refractivity contribution in [2.75, 3.05) is 13.6 Å². The third kappa shape index (κ3) is 0.618. The molecule has 3 fully saturated rings. The summed E-state index contributed by atoms with van der Waals surface area (Å²) in [5.74, 6) is 3.13. The Morgan fingerprint density at radius 3 is 2.58 bits per heavy atom. The van der Waals surface area contributed by atoms with Gasteiger partial charge in [0, 0.05) is 12.6 Å². The Kier molecular flexibility index (Phi) is 1.16. The Labute approximate surface area is 75.1 Å². The number of likely N-dealkylation sites (tertiary alicyclic amines) is 1. The van der Waals surface area contributed by atoms with E-state index < -0.39 is 0 Å². The predicted octanol–water partition coefficient (Wildman–Crippen LogP) is 1.98. The monoisotopic (exact) mass is 165 g/mol. The van der Waals surface area contributed by atoms with Gasteiger partial charge >= 0.3 is 0 Å². The van der Waals surface area contributed by atoms with Crippen molar-refractivity contribution in [1.82, 2.24) is 4.90 Å². The summed E-state index contributed by atoms with van der Waals surface area (Å²) in [6.45, 7) is 6.37. The molecule has 0 amide bonds. The molecule has 4 unspecified atom stereocenters. The van der Waals surface area contributed by atoms with Gasteiger partial charge in [0.25, 0.3) is 0 Å². The maximum Gasteiger partial charge on any atom is 0.0127 e. The Balaban J connectivity index is 2.02. The van der Waals surface area contributed by atoms with Crippen LogP contribution in [0.25, 0.3) is 0 Å². The van der Waals surface area contributed by atoms with Gasteiger partial charge in [0.1, 0.15) is 0 Å². The zero-order chi connectivity index (χ0) is 8.51. The zero-order valence-electron chi connectivity index (χ0n) is 8.38. The molecule has 2 aliphatic carbocycles. The first-order valence-electron chi connectivity index (χ1n) is 5.31. The van der Waals surface area contributed by atoms with Crippen molar-refractivity contribution >= 4 is 0 Å². The summed E-state index contributed by atoms with van der Waals surface area (Å²) in [5.41, 5.74) is 0.659. The van der Waals surface area contributed by atoms with Crippen LogP contribution >= 0.6 is 0 Å². The molecule has 1 saturated heterocycles. The molecule has 68 valence electrons. The first-order valence-corrected chi connectivity index (χ1v) is 5.31. The normalized spacial score (nSPS) is 55.2. The molecule has 3 aliphatic rings. The number of rotatable bonds is 0. The molecule has 0 aromatic carbocycles. The first kappa shape index (κ1) is 7.37. The molecule has 1 nitrogen and oxygen atoms in total. The standard InChI is InChI=1S/C11H19N/c1-11(2)7-4-8-9(11)6-12(3)10(8)5-7/h7-10H,4-6H2,1-3H3. The zero-order valence-corrected chi connectivity index (χ0v) is 8.38. The van der Waals surface area contributed by atoms with Crippen molar-refractivity contribution in [3.8, 4) is 0 Å². The summed E-state index contributed by atoms with van der Waals surface area (Å²) in [6.07, 6.45) is 3.03. The van der Waals surface area contributed by atoms with Crippen LogP contribution in [-0.2, 0) is 0 Å². The van der Waals surface area contributed by atoms with E-state index in [1.54, 1.807) is 0 Å². The second-order valence-electron chi connectivity index (χ2n) is 5.77. The van der Waals surface area contributed by atoms with Gasteiger partial charge in [-0.2, -0.15) is 0 Å². The van der Waals surface area contributed by atoms with Crippen LogP contribution in [0.3, 0.4) is 0 Å². The fourth-order valence-corrected chi connectivity index (χ4v) is 4.27. The second-order valence-corrected chi connectivity index (χ2v) is 5.77. The van der Waals surface area contributed by atoms with Gasteiger partial charge in [0.2, 0.25) is 0 Å². The maximum atomic E-state index is 2.62. The van der Waals surface area contributed by atoms with E-state index in [1.807, 2.05) is 0 Å². The molecule has 1 heterocycles. The number of nitrogens with zero attached hydrogens (tertiary/aromatic N) is 1. The molecule has 2 bridgehead atoms. The third-order valence-electron chi connectivity index (χ3n) is 5.15. The fourth-order valence-electron chi connectivity index (χ4n) is 4.27. The smallest absolute Gasteiger partial charge is 0.0127 e. The van der Waals surface area contributed by atoms with Gasteiger partial charge < -0.3 is 4.90 Å². The van der Waals surface area contributed by atoms with Crippen LogP contribution in [0.2, 0.25) is 0 Å². The summed E-state index contributed by atoms with van der Waals surface area (Å²) in [4.78, 5) is 2.62. The molecule has 3 rings (SSSR count). The van der Waals surface area contributed by atoms with Crippen molar-refractivity contribution in [3.05, 3.63) is 0 Å². The lowest BCUT2D eigenvalue weighted by atomic mass is 9.70. The quantitative estimate of drug-likeness (QED) is 0.530. The summed E-state index contributed by atoms with van der Waals surface area (Å²) in [7, 11) is 2.32. The van der Waals surface area contributed by atoms with Crippen LogP contribution in [0, 0.1) is 23.2 Å². The number of hydrogen-bond acceptors (Lipinski definition) is 1. The molecule has 1 aliphatic heterocycles. The van der Waals surface area contributed by atoms with Gasteiger partial charge in [-0.1, -0.05) is 13.8 Å². The summed E-state index contributed by atoms with van der Waals surface area (Å²) < 4.78 is 0. The summed E-state index contributed by atoms with van der Waals surface area (Å²) in [5, 5.41) is 0. The van der Waals surface area contributed by atoms with E-state index in [4.69, 9.17) is 0 Å². The van der Waals surface area contributed by atoms with Crippen LogP contribution in [0.1, 0.15) is 26.7 Å². The highest BCUT2D eigenvalue weighted by Crippen LogP contribution is 2.63. The lowest BCUT2D eigenvalue weighted by Gasteiger charge is -2.35. The van der Waals surface area contributed by atoms with Gasteiger partial charge in [0.05, 0.1) is 0 Å². The molecular formula is C11H19N. The van der Waals surface area contributed by atoms with E-state index >= 15 is 0 Å². The summed E-state index contributed by atoms with van der Waals surface area (Å²) >= 11 is 0. The van der Waals surface area contributed by atoms with Crippen molar-refractivity contribution in [2.45, 2.75) is 32.7 Å². The molecule has 0 N–H and O–H groups in total. The lowest BCUT2D eigenvalue weighted by molar-refractivity contribution is 0.153. The largest absolute Gasteiger partial charge is 0.303 e. The number of hydrogen-bond donors (Lipinski definition) is 0. The average Bonchev–Trinajstić information content (AvgIpc) is 2.53. The van der Waals surface area contributed by atoms with E-state index in [-0.39, 0.29) is 0 Å². The Morgan fingerprint density at radius 1 is 1.25 bits per heavy atom.